The first-order valence-electron chi connectivity index (χ1n) is 11.6. The Bertz CT molecular complexity index is 1400. The maximum atomic E-state index is 12.9. The smallest absolute Gasteiger partial charge is 0.316 e. The number of likely N-dealkylation sites (tertiary alicyclic amines) is 1. The number of amides is 3. The molecular formula is C28H23BrN2O5. The van der Waals surface area contributed by atoms with Crippen LogP contribution in [-0.2, 0) is 9.59 Å². The number of hydrogen-bond donors (Lipinski definition) is 0. The largest absolute Gasteiger partial charge is 0.426 e. The second kappa shape index (κ2) is 9.35. The zero-order valence-electron chi connectivity index (χ0n) is 19.7. The molecule has 182 valence electrons. The molecular weight excluding hydrogens is 524 g/mol. The number of esters is 1. The van der Waals surface area contributed by atoms with Crippen molar-refractivity contribution in [1.29, 1.82) is 0 Å². The van der Waals surface area contributed by atoms with E-state index in [9.17, 15) is 19.2 Å². The molecule has 0 aliphatic carbocycles. The predicted octanol–water partition coefficient (Wildman–Crippen LogP) is 5.07. The highest BCUT2D eigenvalue weighted by Crippen LogP contribution is 2.34. The highest BCUT2D eigenvalue weighted by atomic mass is 79.9. The lowest BCUT2D eigenvalue weighted by molar-refractivity contribution is -0.139. The van der Waals surface area contributed by atoms with Gasteiger partial charge in [-0.3, -0.25) is 19.2 Å². The van der Waals surface area contributed by atoms with Gasteiger partial charge in [0.25, 0.3) is 11.8 Å². The standard InChI is InChI=1S/C28H23BrN2O5/c1-16-12-21(9-11-24(16)31-26(33)22-10-8-20(29)14-23(22)27(31)34)36-28(35)19-13-25(32)30(15-19)17(2)18-6-4-3-5-7-18/h3-12,14,17,19H,13,15H2,1-2H3/t17-,19-/m1/s1. The van der Waals surface area contributed by atoms with Gasteiger partial charge in [-0.15, -0.1) is 0 Å². The monoisotopic (exact) mass is 546 g/mol. The van der Waals surface area contributed by atoms with E-state index in [0.717, 1.165) is 10.5 Å². The molecule has 0 spiro atoms. The molecule has 2 heterocycles. The van der Waals surface area contributed by atoms with Crippen molar-refractivity contribution in [2.45, 2.75) is 26.3 Å². The third kappa shape index (κ3) is 4.22. The van der Waals surface area contributed by atoms with Crippen molar-refractivity contribution in [3.05, 3.63) is 93.5 Å². The minimum absolute atomic E-state index is 0.0860. The van der Waals surface area contributed by atoms with Crippen LogP contribution in [0.1, 0.15) is 51.2 Å². The number of imide groups is 1. The van der Waals surface area contributed by atoms with Crippen LogP contribution in [-0.4, -0.2) is 35.1 Å². The fourth-order valence-electron chi connectivity index (χ4n) is 4.75. The van der Waals surface area contributed by atoms with Gasteiger partial charge < -0.3 is 9.64 Å². The summed E-state index contributed by atoms with van der Waals surface area (Å²) >= 11 is 3.34. The number of hydrogen-bond acceptors (Lipinski definition) is 5. The van der Waals surface area contributed by atoms with Gasteiger partial charge in [-0.2, -0.15) is 0 Å². The van der Waals surface area contributed by atoms with E-state index in [1.54, 1.807) is 48.2 Å². The molecule has 2 atom stereocenters. The van der Waals surface area contributed by atoms with E-state index in [0.29, 0.717) is 32.6 Å². The summed E-state index contributed by atoms with van der Waals surface area (Å²) in [6.45, 7) is 3.98. The second-order valence-corrected chi connectivity index (χ2v) is 9.95. The quantitative estimate of drug-likeness (QED) is 0.253. The number of aryl methyl sites for hydroxylation is 1. The molecule has 0 N–H and O–H groups in total. The molecule has 8 heteroatoms. The minimum atomic E-state index is -0.571. The number of rotatable bonds is 5. The Hall–Kier alpha value is -3.78. The van der Waals surface area contributed by atoms with Gasteiger partial charge in [0.05, 0.1) is 28.8 Å². The van der Waals surface area contributed by atoms with Crippen LogP contribution in [0.3, 0.4) is 0 Å². The zero-order valence-corrected chi connectivity index (χ0v) is 21.3. The SMILES string of the molecule is Cc1cc(OC(=O)[C@@H]2CC(=O)N([C@H](C)c3ccccc3)C2)ccc1N1C(=O)c2ccc(Br)cc2C1=O. The van der Waals surface area contributed by atoms with Crippen molar-refractivity contribution in [1.82, 2.24) is 4.90 Å². The number of halogens is 1. The van der Waals surface area contributed by atoms with Gasteiger partial charge in [-0.1, -0.05) is 46.3 Å². The number of ether oxygens (including phenoxy) is 1. The number of fused-ring (bicyclic) bond motifs is 1. The Morgan fingerprint density at radius 2 is 1.69 bits per heavy atom. The first-order valence-corrected chi connectivity index (χ1v) is 12.4. The zero-order chi connectivity index (χ0) is 25.6. The number of carbonyl (C=O) groups is 4. The summed E-state index contributed by atoms with van der Waals surface area (Å²) in [6, 6.07) is 19.3. The van der Waals surface area contributed by atoms with Crippen molar-refractivity contribution >= 4 is 45.3 Å². The van der Waals surface area contributed by atoms with E-state index in [-0.39, 0.29) is 24.9 Å². The van der Waals surface area contributed by atoms with Crippen molar-refractivity contribution in [3.63, 3.8) is 0 Å². The van der Waals surface area contributed by atoms with E-state index in [1.807, 2.05) is 37.3 Å². The van der Waals surface area contributed by atoms with E-state index < -0.39 is 23.7 Å². The Labute approximate surface area is 216 Å². The highest BCUT2D eigenvalue weighted by Gasteiger charge is 2.39. The van der Waals surface area contributed by atoms with Crippen LogP contribution in [0.5, 0.6) is 5.75 Å². The van der Waals surface area contributed by atoms with Crippen LogP contribution in [0.15, 0.2) is 71.2 Å². The molecule has 2 aliphatic heterocycles. The summed E-state index contributed by atoms with van der Waals surface area (Å²) in [4.78, 5) is 54.2. The molecule has 5 rings (SSSR count). The molecule has 3 aromatic rings. The molecule has 0 saturated carbocycles. The van der Waals surface area contributed by atoms with Crippen LogP contribution in [0, 0.1) is 12.8 Å². The Kier molecular flexibility index (Phi) is 6.22. The molecule has 0 bridgehead atoms. The van der Waals surface area contributed by atoms with Crippen LogP contribution >= 0.6 is 15.9 Å². The summed E-state index contributed by atoms with van der Waals surface area (Å²) in [5, 5.41) is 0. The van der Waals surface area contributed by atoms with E-state index in [2.05, 4.69) is 15.9 Å². The fraction of sp³-hybridized carbons (Fsp3) is 0.214. The average molecular weight is 547 g/mol. The highest BCUT2D eigenvalue weighted by molar-refractivity contribution is 9.10. The van der Waals surface area contributed by atoms with Crippen molar-refractivity contribution in [2.75, 3.05) is 11.4 Å². The average Bonchev–Trinajstić information content (AvgIpc) is 3.37. The first kappa shape index (κ1) is 23.9. The Morgan fingerprint density at radius 1 is 0.972 bits per heavy atom. The molecule has 1 saturated heterocycles. The number of carbonyl (C=O) groups excluding carboxylic acids is 4. The van der Waals surface area contributed by atoms with Gasteiger partial charge in [0.15, 0.2) is 0 Å². The van der Waals surface area contributed by atoms with Crippen LogP contribution in [0.25, 0.3) is 0 Å². The third-order valence-electron chi connectivity index (χ3n) is 6.72. The molecule has 0 unspecified atom stereocenters. The minimum Gasteiger partial charge on any atom is -0.426 e. The normalized spacial score (nSPS) is 18.0. The van der Waals surface area contributed by atoms with E-state index in [4.69, 9.17) is 4.74 Å². The number of anilines is 1. The van der Waals surface area contributed by atoms with Crippen molar-refractivity contribution in [3.8, 4) is 5.75 Å². The van der Waals surface area contributed by atoms with Crippen molar-refractivity contribution < 1.29 is 23.9 Å². The number of nitrogens with zero attached hydrogens (tertiary/aromatic N) is 2. The van der Waals surface area contributed by atoms with Gasteiger partial charge in [0.2, 0.25) is 5.91 Å². The molecule has 7 nitrogen and oxygen atoms in total. The van der Waals surface area contributed by atoms with Gasteiger partial charge >= 0.3 is 5.97 Å². The maximum absolute atomic E-state index is 12.9. The van der Waals surface area contributed by atoms with E-state index in [1.165, 1.54) is 0 Å². The van der Waals surface area contributed by atoms with Crippen molar-refractivity contribution in [2.24, 2.45) is 5.92 Å². The van der Waals surface area contributed by atoms with E-state index >= 15 is 0 Å². The molecule has 2 aliphatic rings. The van der Waals surface area contributed by atoms with Gasteiger partial charge in [-0.25, -0.2) is 4.90 Å². The second-order valence-electron chi connectivity index (χ2n) is 9.04. The summed E-state index contributed by atoms with van der Waals surface area (Å²) in [7, 11) is 0. The number of benzene rings is 3. The molecule has 3 amide bonds. The Balaban J connectivity index is 1.29. The van der Waals surface area contributed by atoms with Crippen LogP contribution in [0.4, 0.5) is 5.69 Å². The lowest BCUT2D eigenvalue weighted by Crippen LogP contribution is -2.30. The summed E-state index contributed by atoms with van der Waals surface area (Å²) in [5.41, 5.74) is 2.72. The first-order chi connectivity index (χ1) is 17.2. The van der Waals surface area contributed by atoms with Gasteiger partial charge in [-0.05, 0) is 61.4 Å². The molecule has 3 aromatic carbocycles. The van der Waals surface area contributed by atoms with Gasteiger partial charge in [0.1, 0.15) is 5.75 Å². The predicted molar refractivity (Wildman–Crippen MR) is 137 cm³/mol. The molecule has 0 aromatic heterocycles. The summed E-state index contributed by atoms with van der Waals surface area (Å²) in [6.07, 6.45) is 0.0949. The molecule has 0 radical (unpaired) electrons. The third-order valence-corrected chi connectivity index (χ3v) is 7.21. The van der Waals surface area contributed by atoms with Gasteiger partial charge in [0, 0.05) is 17.4 Å². The maximum Gasteiger partial charge on any atom is 0.316 e. The molecule has 36 heavy (non-hydrogen) atoms. The summed E-state index contributed by atoms with van der Waals surface area (Å²) in [5.74, 6) is -1.64. The Morgan fingerprint density at radius 3 is 2.42 bits per heavy atom. The topological polar surface area (TPSA) is 84.0 Å². The van der Waals surface area contributed by atoms with Crippen LogP contribution < -0.4 is 9.64 Å². The molecule has 1 fully saturated rings. The lowest BCUT2D eigenvalue weighted by Gasteiger charge is -2.25. The lowest BCUT2D eigenvalue weighted by atomic mass is 10.1. The fourth-order valence-corrected chi connectivity index (χ4v) is 5.11. The van der Waals surface area contributed by atoms with Crippen LogP contribution in [0.2, 0.25) is 0 Å². The summed E-state index contributed by atoms with van der Waals surface area (Å²) < 4.78 is 6.31.